The third-order valence-electron chi connectivity index (χ3n) is 13.3. The highest BCUT2D eigenvalue weighted by Crippen LogP contribution is 2.37. The molecule has 8 rings (SSSR count). The number of halogens is 1. The van der Waals surface area contributed by atoms with E-state index in [1.165, 1.54) is 4.90 Å². The number of hydrogen-bond donors (Lipinski definition) is 1. The average Bonchev–Trinajstić information content (AvgIpc) is 3.67. The maximum Gasteiger partial charge on any atom is 0.255 e. The summed E-state index contributed by atoms with van der Waals surface area (Å²) in [6.07, 6.45) is 5.49. The lowest BCUT2D eigenvalue weighted by Crippen LogP contribution is -2.54. The van der Waals surface area contributed by atoms with Gasteiger partial charge in [-0.25, -0.2) is 9.97 Å². The number of imide groups is 1. The molecule has 5 heterocycles. The van der Waals surface area contributed by atoms with E-state index >= 15 is 0 Å². The van der Waals surface area contributed by atoms with E-state index in [0.29, 0.717) is 99.1 Å². The van der Waals surface area contributed by atoms with Crippen molar-refractivity contribution in [2.24, 2.45) is 0 Å². The van der Waals surface area contributed by atoms with E-state index < -0.39 is 19.1 Å². The fraction of sp³-hybridized carbons (Fsp3) is 0.480. The third kappa shape index (κ3) is 11.9. The Hall–Kier alpha value is -5.38. The van der Waals surface area contributed by atoms with E-state index in [0.717, 1.165) is 72.5 Å². The molecule has 4 aliphatic rings. The number of nitrogens with zero attached hydrogens (tertiary/aromatic N) is 6. The van der Waals surface area contributed by atoms with Crippen molar-refractivity contribution in [2.45, 2.75) is 63.6 Å². The molecule has 1 atom stereocenters. The Bertz CT molecular complexity index is 2520. The van der Waals surface area contributed by atoms with Gasteiger partial charge in [-0.05, 0) is 56.4 Å². The molecule has 362 valence electrons. The molecule has 1 aromatic heterocycles. The van der Waals surface area contributed by atoms with Crippen LogP contribution < -0.4 is 25.0 Å². The highest BCUT2D eigenvalue weighted by Gasteiger charge is 2.40. The number of anilines is 1. The number of hydrogen-bond acceptors (Lipinski definition) is 13. The molecule has 0 spiro atoms. The van der Waals surface area contributed by atoms with Crippen LogP contribution in [0.25, 0.3) is 0 Å². The number of carbonyl (C=O) groups excluding carboxylic acids is 4. The molecule has 3 fully saturated rings. The van der Waals surface area contributed by atoms with Crippen LogP contribution in [-0.2, 0) is 47.8 Å². The van der Waals surface area contributed by atoms with Gasteiger partial charge in [-0.2, -0.15) is 0 Å². The highest BCUT2D eigenvalue weighted by atomic mass is 35.5. The van der Waals surface area contributed by atoms with E-state index in [2.05, 4.69) is 38.3 Å². The van der Waals surface area contributed by atoms with Gasteiger partial charge in [-0.15, -0.1) is 0 Å². The summed E-state index contributed by atoms with van der Waals surface area (Å²) in [6, 6.07) is 19.2. The first-order valence-electron chi connectivity index (χ1n) is 23.5. The van der Waals surface area contributed by atoms with Gasteiger partial charge in [0.2, 0.25) is 17.7 Å². The summed E-state index contributed by atoms with van der Waals surface area (Å²) < 4.78 is 36.2. The molecule has 4 amide bonds. The van der Waals surface area contributed by atoms with Gasteiger partial charge in [0.25, 0.3) is 5.91 Å². The fourth-order valence-corrected chi connectivity index (χ4v) is 11.1. The molecule has 0 saturated carbocycles. The Labute approximate surface area is 403 Å². The minimum Gasteiger partial charge on any atom is -0.496 e. The van der Waals surface area contributed by atoms with Crippen LogP contribution in [0.5, 0.6) is 11.5 Å². The second-order valence-electron chi connectivity index (χ2n) is 18.1. The lowest BCUT2D eigenvalue weighted by molar-refractivity contribution is -0.137. The van der Waals surface area contributed by atoms with Crippen LogP contribution in [0.4, 0.5) is 5.69 Å². The molecular weight excluding hydrogens is 909 g/mol. The summed E-state index contributed by atoms with van der Waals surface area (Å²) in [4.78, 5) is 67.9. The standard InChI is InChI=1S/C50H61ClN7O9P/c1-64-44-31-37(12-11-34(44)30-46-52-32-40(51)41(53-46)29-35-7-4-5-10-45(35)68(2,3)63)55-18-15-36(16-19-55)56-20-22-57(23-21-56)48(60)17-24-65-25-26-66-27-28-67-43-9-6-8-38-39(43)33-58(50(38)62)42-13-14-47(59)54-49(42)61/h4-12,31-32,36,42H,13-30,33H2,1-3H3,(H,54,59,61). The van der Waals surface area contributed by atoms with Crippen molar-refractivity contribution in [3.63, 3.8) is 0 Å². The number of methoxy groups -OCH3 is 1. The van der Waals surface area contributed by atoms with Crippen LogP contribution in [0.3, 0.4) is 0 Å². The van der Waals surface area contributed by atoms with Crippen LogP contribution in [0.1, 0.15) is 70.7 Å². The molecule has 0 aliphatic carbocycles. The molecule has 4 aliphatic heterocycles. The molecule has 0 radical (unpaired) electrons. The van der Waals surface area contributed by atoms with Gasteiger partial charge in [0.15, 0.2) is 0 Å². The zero-order valence-electron chi connectivity index (χ0n) is 39.1. The van der Waals surface area contributed by atoms with Crippen molar-refractivity contribution in [3.05, 3.63) is 106 Å². The quantitative estimate of drug-likeness (QED) is 0.0762. The first-order valence-corrected chi connectivity index (χ1v) is 26.5. The second-order valence-corrected chi connectivity index (χ2v) is 21.6. The lowest BCUT2D eigenvalue weighted by Gasteiger charge is -2.43. The van der Waals surface area contributed by atoms with Gasteiger partial charge in [0, 0.05) is 105 Å². The van der Waals surface area contributed by atoms with Crippen LogP contribution >= 0.6 is 18.7 Å². The molecule has 16 nitrogen and oxygen atoms in total. The molecule has 3 aromatic carbocycles. The van der Waals surface area contributed by atoms with E-state index in [4.69, 9.17) is 35.5 Å². The number of rotatable bonds is 19. The van der Waals surface area contributed by atoms with E-state index in [-0.39, 0.29) is 37.3 Å². The smallest absolute Gasteiger partial charge is 0.255 e. The van der Waals surface area contributed by atoms with Crippen LogP contribution in [0.2, 0.25) is 5.02 Å². The summed E-state index contributed by atoms with van der Waals surface area (Å²) in [5.74, 6) is 1.08. The molecule has 68 heavy (non-hydrogen) atoms. The Morgan fingerprint density at radius 3 is 2.34 bits per heavy atom. The SMILES string of the molecule is COc1cc(N2CCC(N3CCN(C(=O)CCOCCOCCOc4cccc5c4CN(C4CCC(=O)NC4=O)C5=O)CC3)CC2)ccc1Cc1ncc(Cl)c(Cc2ccccc2P(C)(C)=O)n1. The molecule has 1 unspecified atom stereocenters. The molecule has 0 bridgehead atoms. The number of amides is 4. The number of piperidine rings is 2. The van der Waals surface area contributed by atoms with Gasteiger partial charge in [0.1, 0.15) is 37.1 Å². The zero-order valence-corrected chi connectivity index (χ0v) is 40.8. The van der Waals surface area contributed by atoms with Gasteiger partial charge in [-0.3, -0.25) is 29.4 Å². The minimum atomic E-state index is -2.48. The first kappa shape index (κ1) is 49.1. The second kappa shape index (κ2) is 22.4. The van der Waals surface area contributed by atoms with E-state index in [1.54, 1.807) is 44.8 Å². The van der Waals surface area contributed by atoms with E-state index in [1.807, 2.05) is 29.2 Å². The zero-order chi connectivity index (χ0) is 47.8. The topological polar surface area (TPSA) is 173 Å². The van der Waals surface area contributed by atoms with Gasteiger partial charge in [0.05, 0.1) is 57.2 Å². The third-order valence-corrected chi connectivity index (χ3v) is 15.2. The Morgan fingerprint density at radius 1 is 0.838 bits per heavy atom. The number of ether oxygens (including phenoxy) is 4. The normalized spacial score (nSPS) is 18.2. The Morgan fingerprint density at radius 2 is 1.59 bits per heavy atom. The van der Waals surface area contributed by atoms with E-state index in [9.17, 15) is 23.7 Å². The maximum atomic E-state index is 13.1. The molecular formula is C50H61ClN7O9P. The minimum absolute atomic E-state index is 0.103. The summed E-state index contributed by atoms with van der Waals surface area (Å²) in [6.45, 7) is 10.4. The largest absolute Gasteiger partial charge is 0.496 e. The molecule has 1 N–H and O–H groups in total. The number of piperazine rings is 1. The lowest BCUT2D eigenvalue weighted by atomic mass is 10.0. The predicted octanol–water partition coefficient (Wildman–Crippen LogP) is 4.94. The Balaban J connectivity index is 0.704. The van der Waals surface area contributed by atoms with Crippen molar-refractivity contribution in [2.75, 3.05) is 97.6 Å². The van der Waals surface area contributed by atoms with Crippen LogP contribution in [0.15, 0.2) is 66.9 Å². The van der Waals surface area contributed by atoms with Crippen LogP contribution in [-0.4, -0.2) is 153 Å². The van der Waals surface area contributed by atoms with Gasteiger partial charge >= 0.3 is 0 Å². The monoisotopic (exact) mass is 969 g/mol. The van der Waals surface area contributed by atoms with Crippen molar-refractivity contribution >= 4 is 53.4 Å². The van der Waals surface area contributed by atoms with Gasteiger partial charge < -0.3 is 38.2 Å². The summed E-state index contributed by atoms with van der Waals surface area (Å²) >= 11 is 6.57. The van der Waals surface area contributed by atoms with Crippen molar-refractivity contribution in [1.82, 2.24) is 30.0 Å². The average molecular weight is 971 g/mol. The number of aromatic nitrogens is 2. The number of nitrogens with one attached hydrogen (secondary N) is 1. The van der Waals surface area contributed by atoms with Crippen molar-refractivity contribution < 1.29 is 42.7 Å². The Kier molecular flexibility index (Phi) is 16.1. The molecule has 3 saturated heterocycles. The maximum absolute atomic E-state index is 13.1. The fourth-order valence-electron chi connectivity index (χ4n) is 9.63. The highest BCUT2D eigenvalue weighted by molar-refractivity contribution is 7.70. The van der Waals surface area contributed by atoms with Crippen molar-refractivity contribution in [3.8, 4) is 11.5 Å². The molecule has 18 heteroatoms. The summed E-state index contributed by atoms with van der Waals surface area (Å²) in [7, 11) is -0.794. The number of fused-ring (bicyclic) bond motifs is 1. The summed E-state index contributed by atoms with van der Waals surface area (Å²) in [5.41, 5.74) is 4.98. The van der Waals surface area contributed by atoms with Crippen molar-refractivity contribution in [1.29, 1.82) is 0 Å². The number of carbonyl (C=O) groups is 4. The number of benzene rings is 3. The van der Waals surface area contributed by atoms with Crippen LogP contribution in [0, 0.1) is 0 Å². The predicted molar refractivity (Wildman–Crippen MR) is 259 cm³/mol. The summed E-state index contributed by atoms with van der Waals surface area (Å²) in [5, 5.41) is 3.64. The van der Waals surface area contributed by atoms with Gasteiger partial charge in [-0.1, -0.05) is 48.0 Å². The molecule has 4 aromatic rings. The first-order chi connectivity index (χ1) is 32.9.